The van der Waals surface area contributed by atoms with E-state index in [1.165, 1.54) is 25.9 Å². The number of nitrogens with zero attached hydrogens (tertiary/aromatic N) is 1. The molecular weight excluding hydrogens is 330 g/mol. The molecular formula is C17H10BrNS. The number of aromatic nitrogens is 1. The molecule has 4 aromatic rings. The topological polar surface area (TPSA) is 12.9 Å². The summed E-state index contributed by atoms with van der Waals surface area (Å²) in [5.74, 6) is 0. The molecule has 0 aliphatic heterocycles. The third-order valence-corrected chi connectivity index (χ3v) is 5.08. The van der Waals surface area contributed by atoms with Gasteiger partial charge >= 0.3 is 0 Å². The van der Waals surface area contributed by atoms with Crippen LogP contribution in [0.25, 0.3) is 31.4 Å². The Balaban J connectivity index is 2.11. The molecule has 2 heterocycles. The zero-order chi connectivity index (χ0) is 13.5. The van der Waals surface area contributed by atoms with Crippen molar-refractivity contribution in [2.75, 3.05) is 0 Å². The summed E-state index contributed by atoms with van der Waals surface area (Å²) in [7, 11) is 0. The summed E-state index contributed by atoms with van der Waals surface area (Å²) in [6, 6.07) is 19.0. The highest BCUT2D eigenvalue weighted by Gasteiger charge is 2.11. The number of pyridine rings is 1. The average Bonchev–Trinajstić information content (AvgIpc) is 2.86. The van der Waals surface area contributed by atoms with Gasteiger partial charge in [-0.05, 0) is 29.8 Å². The smallest absolute Gasteiger partial charge is 0.0895 e. The van der Waals surface area contributed by atoms with Crippen LogP contribution in [-0.4, -0.2) is 4.98 Å². The Morgan fingerprint density at radius 2 is 1.80 bits per heavy atom. The van der Waals surface area contributed by atoms with Gasteiger partial charge in [0.2, 0.25) is 0 Å². The van der Waals surface area contributed by atoms with Crippen LogP contribution in [0.1, 0.15) is 0 Å². The normalized spacial score (nSPS) is 11.2. The molecule has 0 bridgehead atoms. The van der Waals surface area contributed by atoms with Crippen molar-refractivity contribution < 1.29 is 0 Å². The summed E-state index contributed by atoms with van der Waals surface area (Å²) in [6.07, 6.45) is 1.90. The van der Waals surface area contributed by atoms with Crippen molar-refractivity contribution in [1.82, 2.24) is 4.98 Å². The molecule has 0 N–H and O–H groups in total. The molecule has 0 aliphatic carbocycles. The summed E-state index contributed by atoms with van der Waals surface area (Å²) in [5.41, 5.74) is 3.59. The summed E-state index contributed by atoms with van der Waals surface area (Å²) in [6.45, 7) is 0. The molecule has 0 saturated heterocycles. The summed E-state index contributed by atoms with van der Waals surface area (Å²) in [5, 5.41) is 1.22. The van der Waals surface area contributed by atoms with E-state index in [1.54, 1.807) is 0 Å². The van der Waals surface area contributed by atoms with Crippen LogP contribution in [0.3, 0.4) is 0 Å². The lowest BCUT2D eigenvalue weighted by molar-refractivity contribution is 1.43. The van der Waals surface area contributed by atoms with E-state index in [9.17, 15) is 0 Å². The minimum absolute atomic E-state index is 1.09. The number of thiophene rings is 1. The molecule has 0 radical (unpaired) electrons. The van der Waals surface area contributed by atoms with Crippen LogP contribution >= 0.6 is 27.3 Å². The maximum Gasteiger partial charge on any atom is 0.0895 e. The predicted octanol–water partition coefficient (Wildman–Crippen LogP) is 5.88. The lowest BCUT2D eigenvalue weighted by Crippen LogP contribution is -1.80. The quantitative estimate of drug-likeness (QED) is 0.422. The molecule has 0 atom stereocenters. The van der Waals surface area contributed by atoms with E-state index >= 15 is 0 Å². The molecule has 1 nitrogen and oxygen atoms in total. The lowest BCUT2D eigenvalue weighted by Gasteiger charge is -2.02. The fourth-order valence-electron chi connectivity index (χ4n) is 2.47. The highest BCUT2D eigenvalue weighted by atomic mass is 79.9. The van der Waals surface area contributed by atoms with Crippen LogP contribution in [0.4, 0.5) is 0 Å². The first-order chi connectivity index (χ1) is 9.83. The third kappa shape index (κ3) is 1.86. The molecule has 0 amide bonds. The second kappa shape index (κ2) is 4.69. The van der Waals surface area contributed by atoms with Gasteiger partial charge in [-0.15, -0.1) is 11.3 Å². The standard InChI is InChI=1S/C17H10BrNS/c18-12-6-7-15-14(10-12)16-17(20-15)13(8-9-19-16)11-4-2-1-3-5-11/h1-10H. The SMILES string of the molecule is Brc1ccc2sc3c(-c4ccccc4)ccnc3c2c1. The summed E-state index contributed by atoms with van der Waals surface area (Å²) in [4.78, 5) is 4.59. The number of halogens is 1. The van der Waals surface area contributed by atoms with Gasteiger partial charge in [-0.25, -0.2) is 0 Å². The van der Waals surface area contributed by atoms with Gasteiger partial charge in [-0.2, -0.15) is 0 Å². The van der Waals surface area contributed by atoms with Gasteiger partial charge in [-0.1, -0.05) is 46.3 Å². The molecule has 96 valence electrons. The molecule has 0 saturated carbocycles. The van der Waals surface area contributed by atoms with Crippen LogP contribution in [0.2, 0.25) is 0 Å². The molecule has 3 heteroatoms. The van der Waals surface area contributed by atoms with E-state index in [0.717, 1.165) is 9.99 Å². The minimum Gasteiger partial charge on any atom is -0.255 e. The second-order valence-electron chi connectivity index (χ2n) is 4.64. The maximum absolute atomic E-state index is 4.59. The summed E-state index contributed by atoms with van der Waals surface area (Å²) >= 11 is 5.35. The minimum atomic E-state index is 1.09. The van der Waals surface area contributed by atoms with Crippen molar-refractivity contribution in [3.8, 4) is 11.1 Å². The van der Waals surface area contributed by atoms with Crippen LogP contribution < -0.4 is 0 Å². The molecule has 2 aromatic heterocycles. The predicted molar refractivity (Wildman–Crippen MR) is 90.3 cm³/mol. The Bertz CT molecular complexity index is 912. The number of fused-ring (bicyclic) bond motifs is 3. The van der Waals surface area contributed by atoms with E-state index in [1.807, 2.05) is 23.6 Å². The Morgan fingerprint density at radius 1 is 0.950 bits per heavy atom. The average molecular weight is 340 g/mol. The fourth-order valence-corrected chi connectivity index (χ4v) is 4.01. The summed E-state index contributed by atoms with van der Waals surface area (Å²) < 4.78 is 3.63. The Morgan fingerprint density at radius 3 is 2.65 bits per heavy atom. The van der Waals surface area contributed by atoms with Crippen molar-refractivity contribution in [1.29, 1.82) is 0 Å². The van der Waals surface area contributed by atoms with Crippen molar-refractivity contribution >= 4 is 47.6 Å². The van der Waals surface area contributed by atoms with Gasteiger partial charge in [0.15, 0.2) is 0 Å². The second-order valence-corrected chi connectivity index (χ2v) is 6.61. The van der Waals surface area contributed by atoms with E-state index in [-0.39, 0.29) is 0 Å². The highest BCUT2D eigenvalue weighted by Crippen LogP contribution is 2.39. The van der Waals surface area contributed by atoms with Gasteiger partial charge in [0.05, 0.1) is 10.2 Å². The van der Waals surface area contributed by atoms with Gasteiger partial charge in [-0.3, -0.25) is 4.98 Å². The number of rotatable bonds is 1. The first kappa shape index (κ1) is 12.1. The highest BCUT2D eigenvalue weighted by molar-refractivity contribution is 9.10. The molecule has 0 aliphatic rings. The molecule has 0 spiro atoms. The van der Waals surface area contributed by atoms with E-state index in [0.29, 0.717) is 0 Å². The lowest BCUT2D eigenvalue weighted by atomic mass is 10.1. The molecule has 2 aromatic carbocycles. The van der Waals surface area contributed by atoms with Gasteiger partial charge in [0.25, 0.3) is 0 Å². The number of hydrogen-bond acceptors (Lipinski definition) is 2. The first-order valence-corrected chi connectivity index (χ1v) is 7.96. The van der Waals surface area contributed by atoms with Crippen molar-refractivity contribution in [3.63, 3.8) is 0 Å². The Hall–Kier alpha value is -1.71. The fraction of sp³-hybridized carbons (Fsp3) is 0. The molecule has 20 heavy (non-hydrogen) atoms. The van der Waals surface area contributed by atoms with E-state index in [2.05, 4.69) is 69.4 Å². The molecule has 0 unspecified atom stereocenters. The van der Waals surface area contributed by atoms with Gasteiger partial charge in [0, 0.05) is 26.3 Å². The van der Waals surface area contributed by atoms with Crippen molar-refractivity contribution in [3.05, 3.63) is 65.3 Å². The molecule has 4 rings (SSSR count). The van der Waals surface area contributed by atoms with E-state index < -0.39 is 0 Å². The largest absolute Gasteiger partial charge is 0.255 e. The first-order valence-electron chi connectivity index (χ1n) is 6.35. The zero-order valence-electron chi connectivity index (χ0n) is 10.5. The molecule has 0 fully saturated rings. The van der Waals surface area contributed by atoms with Gasteiger partial charge in [0.1, 0.15) is 0 Å². The van der Waals surface area contributed by atoms with Crippen LogP contribution in [0.5, 0.6) is 0 Å². The number of hydrogen-bond donors (Lipinski definition) is 0. The van der Waals surface area contributed by atoms with Crippen LogP contribution in [0.15, 0.2) is 65.3 Å². The zero-order valence-corrected chi connectivity index (χ0v) is 12.9. The monoisotopic (exact) mass is 339 g/mol. The van der Waals surface area contributed by atoms with Crippen LogP contribution in [0, 0.1) is 0 Å². The third-order valence-electron chi connectivity index (χ3n) is 3.40. The maximum atomic E-state index is 4.59. The van der Waals surface area contributed by atoms with Crippen molar-refractivity contribution in [2.45, 2.75) is 0 Å². The van der Waals surface area contributed by atoms with Crippen LogP contribution in [-0.2, 0) is 0 Å². The Labute approximate surface area is 129 Å². The van der Waals surface area contributed by atoms with Gasteiger partial charge < -0.3 is 0 Å². The van der Waals surface area contributed by atoms with Crippen molar-refractivity contribution in [2.24, 2.45) is 0 Å². The Kier molecular flexibility index (Phi) is 2.83. The number of benzene rings is 2. The van der Waals surface area contributed by atoms with E-state index in [4.69, 9.17) is 0 Å².